The minimum atomic E-state index is -4.78. The van der Waals surface area contributed by atoms with Crippen LogP contribution in [0, 0.1) is 12.7 Å². The van der Waals surface area contributed by atoms with Crippen molar-refractivity contribution in [2.45, 2.75) is 64.9 Å². The van der Waals surface area contributed by atoms with E-state index in [2.05, 4.69) is 10.6 Å². The van der Waals surface area contributed by atoms with Crippen LogP contribution in [0.15, 0.2) is 60.7 Å². The minimum absolute atomic E-state index is 0.0376. The molecule has 0 aliphatic heterocycles. The van der Waals surface area contributed by atoms with Gasteiger partial charge in [-0.15, -0.1) is 0 Å². The molecule has 0 unspecified atom stereocenters. The molecule has 7 nitrogen and oxygen atoms in total. The first-order valence-corrected chi connectivity index (χ1v) is 14.9. The number of benzene rings is 3. The van der Waals surface area contributed by atoms with Gasteiger partial charge < -0.3 is 25.4 Å². The maximum atomic E-state index is 14.2. The van der Waals surface area contributed by atoms with Crippen molar-refractivity contribution >= 4 is 11.8 Å². The first-order valence-electron chi connectivity index (χ1n) is 14.9. The second-order valence-electron chi connectivity index (χ2n) is 11.1. The fourth-order valence-corrected chi connectivity index (χ4v) is 5.08. The number of amides is 2. The van der Waals surface area contributed by atoms with E-state index in [1.165, 1.54) is 6.07 Å². The van der Waals surface area contributed by atoms with Crippen LogP contribution >= 0.6 is 0 Å². The van der Waals surface area contributed by atoms with Gasteiger partial charge >= 0.3 is 6.18 Å². The van der Waals surface area contributed by atoms with E-state index in [-0.39, 0.29) is 30.0 Å². The third kappa shape index (κ3) is 10.6. The molecule has 3 rings (SSSR count). The lowest BCUT2D eigenvalue weighted by Gasteiger charge is -2.26. The Hall–Kier alpha value is -3.96. The summed E-state index contributed by atoms with van der Waals surface area (Å²) in [5.74, 6) is -1.28. The van der Waals surface area contributed by atoms with Crippen LogP contribution in [0.1, 0.15) is 69.7 Å². The van der Waals surface area contributed by atoms with Gasteiger partial charge in [-0.3, -0.25) is 9.59 Å². The Morgan fingerprint density at radius 2 is 1.64 bits per heavy atom. The summed E-state index contributed by atoms with van der Waals surface area (Å²) in [7, 11) is 1.54. The standard InChI is InChI=1S/C34H41F4N3O4/c1-5-10-41(11-6-2)33(44)26-13-22(3)12-25(18-26)32(43)40-30(17-24-14-27(34(36,37)38)19-28(35)15-24)31(42)21-39-20-23-8-7-9-29(16-23)45-4/h7-9,12-16,18-19,30-31,39,42H,5-6,10-11,17,20-21H2,1-4H3,(H,40,43)/t30-,31+/m0/s1. The number of hydrogen-bond donors (Lipinski definition) is 3. The van der Waals surface area contributed by atoms with Crippen LogP contribution in [0.5, 0.6) is 5.75 Å². The molecular formula is C34H41F4N3O4. The molecule has 3 aromatic rings. The Labute approximate surface area is 261 Å². The predicted molar refractivity (Wildman–Crippen MR) is 165 cm³/mol. The van der Waals surface area contributed by atoms with Crippen molar-refractivity contribution in [2.24, 2.45) is 0 Å². The number of ether oxygens (including phenoxy) is 1. The van der Waals surface area contributed by atoms with Gasteiger partial charge in [0.1, 0.15) is 11.6 Å². The second-order valence-corrected chi connectivity index (χ2v) is 11.1. The smallest absolute Gasteiger partial charge is 0.416 e. The molecule has 45 heavy (non-hydrogen) atoms. The van der Waals surface area contributed by atoms with Crippen LogP contribution in [-0.2, 0) is 19.1 Å². The van der Waals surface area contributed by atoms with Crippen molar-refractivity contribution in [1.82, 2.24) is 15.5 Å². The second kappa shape index (κ2) is 16.4. The van der Waals surface area contributed by atoms with Gasteiger partial charge in [0.15, 0.2) is 0 Å². The fraction of sp³-hybridized carbons (Fsp3) is 0.412. The average molecular weight is 632 g/mol. The highest BCUT2D eigenvalue weighted by Crippen LogP contribution is 2.31. The summed E-state index contributed by atoms with van der Waals surface area (Å²) in [5.41, 5.74) is 0.797. The maximum Gasteiger partial charge on any atom is 0.416 e. The Kier molecular flexibility index (Phi) is 12.9. The highest BCUT2D eigenvalue weighted by Gasteiger charge is 2.32. The number of alkyl halides is 3. The van der Waals surface area contributed by atoms with Crippen molar-refractivity contribution in [1.29, 1.82) is 0 Å². The highest BCUT2D eigenvalue weighted by atomic mass is 19.4. The Morgan fingerprint density at radius 3 is 2.29 bits per heavy atom. The van der Waals surface area contributed by atoms with Gasteiger partial charge in [0.05, 0.1) is 24.8 Å². The molecule has 0 spiro atoms. The van der Waals surface area contributed by atoms with Crippen molar-refractivity contribution in [3.8, 4) is 5.75 Å². The largest absolute Gasteiger partial charge is 0.497 e. The molecule has 244 valence electrons. The van der Waals surface area contributed by atoms with Gasteiger partial charge in [0.25, 0.3) is 11.8 Å². The van der Waals surface area contributed by atoms with E-state index >= 15 is 0 Å². The molecule has 2 amide bonds. The molecule has 0 saturated carbocycles. The van der Waals surface area contributed by atoms with Crippen LogP contribution < -0.4 is 15.4 Å². The molecule has 0 radical (unpaired) electrons. The van der Waals surface area contributed by atoms with Crippen LogP contribution in [-0.4, -0.2) is 60.7 Å². The number of aliphatic hydroxyl groups is 1. The summed E-state index contributed by atoms with van der Waals surface area (Å²) in [5, 5.41) is 17.0. The third-order valence-corrected chi connectivity index (χ3v) is 7.20. The van der Waals surface area contributed by atoms with Crippen molar-refractivity contribution in [3.63, 3.8) is 0 Å². The van der Waals surface area contributed by atoms with Crippen molar-refractivity contribution in [3.05, 3.63) is 99.9 Å². The number of halogens is 4. The summed E-state index contributed by atoms with van der Waals surface area (Å²) < 4.78 is 59.7. The maximum absolute atomic E-state index is 14.2. The van der Waals surface area contributed by atoms with E-state index in [1.807, 2.05) is 32.0 Å². The zero-order chi connectivity index (χ0) is 33.1. The minimum Gasteiger partial charge on any atom is -0.497 e. The van der Waals surface area contributed by atoms with E-state index in [0.29, 0.717) is 42.6 Å². The van der Waals surface area contributed by atoms with Crippen molar-refractivity contribution < 1.29 is 37.0 Å². The summed E-state index contributed by atoms with van der Waals surface area (Å²) in [6, 6.07) is 13.1. The number of methoxy groups -OCH3 is 1. The van der Waals surface area contributed by atoms with E-state index in [0.717, 1.165) is 30.5 Å². The molecule has 0 saturated heterocycles. The lowest BCUT2D eigenvalue weighted by Crippen LogP contribution is -2.48. The quantitative estimate of drug-likeness (QED) is 0.181. The average Bonchev–Trinajstić information content (AvgIpc) is 2.99. The zero-order valence-electron chi connectivity index (χ0n) is 26.0. The zero-order valence-corrected chi connectivity index (χ0v) is 26.0. The van der Waals surface area contributed by atoms with E-state index in [9.17, 15) is 32.3 Å². The first-order chi connectivity index (χ1) is 21.3. The SMILES string of the molecule is CCCN(CCC)C(=O)c1cc(C)cc(C(=O)N[C@@H](Cc2cc(F)cc(C(F)(F)F)c2)[C@H](O)CNCc2cccc(OC)c2)c1. The monoisotopic (exact) mass is 631 g/mol. The number of hydrogen-bond acceptors (Lipinski definition) is 5. The molecule has 0 heterocycles. The van der Waals surface area contributed by atoms with Gasteiger partial charge in [0, 0.05) is 37.3 Å². The molecule has 3 N–H and O–H groups in total. The van der Waals surface area contributed by atoms with Gasteiger partial charge in [-0.25, -0.2) is 4.39 Å². The van der Waals surface area contributed by atoms with Gasteiger partial charge in [0.2, 0.25) is 0 Å². The summed E-state index contributed by atoms with van der Waals surface area (Å²) in [6.07, 6.45) is -4.79. The van der Waals surface area contributed by atoms with Crippen LogP contribution in [0.3, 0.4) is 0 Å². The summed E-state index contributed by atoms with van der Waals surface area (Å²) in [4.78, 5) is 28.5. The van der Waals surface area contributed by atoms with Crippen LogP contribution in [0.25, 0.3) is 0 Å². The molecular weight excluding hydrogens is 590 g/mol. The lowest BCUT2D eigenvalue weighted by molar-refractivity contribution is -0.137. The van der Waals surface area contributed by atoms with E-state index in [1.54, 1.807) is 37.1 Å². The number of carbonyl (C=O) groups is 2. The van der Waals surface area contributed by atoms with Gasteiger partial charge in [-0.05, 0) is 91.4 Å². The third-order valence-electron chi connectivity index (χ3n) is 7.20. The molecule has 0 bridgehead atoms. The fourth-order valence-electron chi connectivity index (χ4n) is 5.08. The van der Waals surface area contributed by atoms with Crippen molar-refractivity contribution in [2.75, 3.05) is 26.7 Å². The Bertz CT molecular complexity index is 1440. The molecule has 2 atom stereocenters. The topological polar surface area (TPSA) is 90.9 Å². The number of nitrogens with zero attached hydrogens (tertiary/aromatic N) is 1. The number of aliphatic hydroxyl groups excluding tert-OH is 1. The molecule has 0 fully saturated rings. The van der Waals surface area contributed by atoms with Gasteiger partial charge in [-0.2, -0.15) is 13.2 Å². The number of nitrogens with one attached hydrogen (secondary N) is 2. The first kappa shape index (κ1) is 35.5. The van der Waals surface area contributed by atoms with E-state index in [4.69, 9.17) is 4.74 Å². The number of aryl methyl sites for hydroxylation is 1. The highest BCUT2D eigenvalue weighted by molar-refractivity contribution is 6.00. The number of carbonyl (C=O) groups excluding carboxylic acids is 2. The number of rotatable bonds is 15. The summed E-state index contributed by atoms with van der Waals surface area (Å²) >= 11 is 0. The summed E-state index contributed by atoms with van der Waals surface area (Å²) in [6.45, 7) is 7.11. The normalized spacial score (nSPS) is 12.8. The molecule has 0 aromatic heterocycles. The van der Waals surface area contributed by atoms with E-state index < -0.39 is 35.6 Å². The molecule has 3 aromatic carbocycles. The van der Waals surface area contributed by atoms with Crippen LogP contribution in [0.4, 0.5) is 17.6 Å². The molecule has 0 aliphatic carbocycles. The Balaban J connectivity index is 1.86. The van der Waals surface area contributed by atoms with Gasteiger partial charge in [-0.1, -0.05) is 26.0 Å². The van der Waals surface area contributed by atoms with Crippen LogP contribution in [0.2, 0.25) is 0 Å². The molecule has 11 heteroatoms. The Morgan fingerprint density at radius 1 is 0.956 bits per heavy atom. The molecule has 0 aliphatic rings. The predicted octanol–water partition coefficient (Wildman–Crippen LogP) is 5.92. The lowest BCUT2D eigenvalue weighted by atomic mass is 9.98.